The Kier molecular flexibility index (Phi) is 11.0. The number of benzene rings is 4. The van der Waals surface area contributed by atoms with E-state index in [0.29, 0.717) is 13.2 Å². The highest BCUT2D eigenvalue weighted by molar-refractivity contribution is 5.91. The van der Waals surface area contributed by atoms with Gasteiger partial charge < -0.3 is 28.4 Å². The molecule has 0 saturated heterocycles. The van der Waals surface area contributed by atoms with Crippen LogP contribution in [0.5, 0.6) is 11.5 Å². The third kappa shape index (κ3) is 8.39. The molecule has 3 aromatic heterocycles. The first-order valence-electron chi connectivity index (χ1n) is 18.3. The van der Waals surface area contributed by atoms with Crippen molar-refractivity contribution < 1.29 is 9.47 Å². The first-order chi connectivity index (χ1) is 25.4. The normalized spacial score (nSPS) is 11.7. The molecule has 0 spiro atoms. The van der Waals surface area contributed by atoms with Crippen LogP contribution < -0.4 is 9.47 Å². The number of nitrogens with zero attached hydrogens (tertiary/aromatic N) is 5. The Balaban J connectivity index is 1.23. The smallest absolute Gasteiger partial charge is 0.120 e. The van der Waals surface area contributed by atoms with Gasteiger partial charge in [0.15, 0.2) is 0 Å². The summed E-state index contributed by atoms with van der Waals surface area (Å²) in [4.78, 5) is 9.34. The van der Waals surface area contributed by atoms with Gasteiger partial charge in [-0.25, -0.2) is 0 Å². The number of pyridine rings is 1. The number of aryl methyl sites for hydroxylation is 2. The summed E-state index contributed by atoms with van der Waals surface area (Å²) in [6.07, 6.45) is 6.08. The van der Waals surface area contributed by atoms with Crippen LogP contribution in [0, 0.1) is 0 Å². The molecule has 0 amide bonds. The number of fused-ring (bicyclic) bond motifs is 2. The lowest BCUT2D eigenvalue weighted by atomic mass is 10.1. The molecular weight excluding hydrogens is 643 g/mol. The zero-order chi connectivity index (χ0) is 35.9. The monoisotopic (exact) mass is 691 g/mol. The zero-order valence-electron chi connectivity index (χ0n) is 30.8. The maximum absolute atomic E-state index is 6.24. The van der Waals surface area contributed by atoms with Gasteiger partial charge in [-0.1, -0.05) is 60.7 Å². The second-order valence-electron chi connectivity index (χ2n) is 14.1. The Morgan fingerprint density at radius 1 is 0.519 bits per heavy atom. The van der Waals surface area contributed by atoms with Crippen molar-refractivity contribution in [2.45, 2.75) is 39.1 Å². The Morgan fingerprint density at radius 2 is 0.962 bits per heavy atom. The fourth-order valence-corrected chi connectivity index (χ4v) is 6.93. The highest BCUT2D eigenvalue weighted by Gasteiger charge is 2.17. The van der Waals surface area contributed by atoms with Crippen molar-refractivity contribution in [3.8, 4) is 34.0 Å². The fourth-order valence-electron chi connectivity index (χ4n) is 6.93. The van der Waals surface area contributed by atoms with Crippen LogP contribution in [0.2, 0.25) is 0 Å². The third-order valence-corrected chi connectivity index (χ3v) is 9.55. The van der Waals surface area contributed by atoms with Crippen molar-refractivity contribution in [3.05, 3.63) is 139 Å². The van der Waals surface area contributed by atoms with Gasteiger partial charge in [-0.15, -0.1) is 0 Å². The van der Waals surface area contributed by atoms with E-state index in [2.05, 4.69) is 126 Å². The summed E-state index contributed by atoms with van der Waals surface area (Å²) in [6, 6.07) is 40.5. The standard InChI is InChI=1S/C45H49N5O2/c1-47(2)21-11-23-49-42-19-17-40(51-32-34-13-7-5-8-14-34)26-36(42)28-44(49)38-25-39(31-46-30-38)45-29-37-27-41(52-33-35-15-9-6-10-16-35)18-20-43(37)50(45)24-12-22-48(3)4/h5-10,13-20,25-31H,11-12,21-24,32-33H2,1-4H3. The fraction of sp³-hybridized carbons (Fsp3) is 0.267. The summed E-state index contributed by atoms with van der Waals surface area (Å²) in [7, 11) is 8.53. The molecule has 7 aromatic rings. The Hall–Kier alpha value is -5.37. The molecule has 3 heterocycles. The van der Waals surface area contributed by atoms with Gasteiger partial charge in [0, 0.05) is 58.4 Å². The Morgan fingerprint density at radius 3 is 1.38 bits per heavy atom. The molecule has 0 N–H and O–H groups in total. The number of rotatable bonds is 16. The molecule has 7 rings (SSSR count). The highest BCUT2D eigenvalue weighted by Crippen LogP contribution is 2.35. The molecule has 0 atom stereocenters. The maximum atomic E-state index is 6.24. The van der Waals surface area contributed by atoms with Gasteiger partial charge in [-0.3, -0.25) is 4.98 Å². The van der Waals surface area contributed by atoms with E-state index in [4.69, 9.17) is 14.5 Å². The van der Waals surface area contributed by atoms with Crippen molar-refractivity contribution in [1.29, 1.82) is 0 Å². The minimum Gasteiger partial charge on any atom is -0.489 e. The number of aromatic nitrogens is 3. The Labute approximate surface area is 307 Å². The van der Waals surface area contributed by atoms with Gasteiger partial charge in [0.25, 0.3) is 0 Å². The first-order valence-corrected chi connectivity index (χ1v) is 18.3. The number of hydrogen-bond acceptors (Lipinski definition) is 5. The van der Waals surface area contributed by atoms with Crippen LogP contribution >= 0.6 is 0 Å². The van der Waals surface area contributed by atoms with E-state index in [0.717, 1.165) is 94.9 Å². The minimum absolute atomic E-state index is 0.540. The van der Waals surface area contributed by atoms with Gasteiger partial charge in [0.2, 0.25) is 0 Å². The summed E-state index contributed by atoms with van der Waals surface area (Å²) in [5.74, 6) is 1.74. The molecule has 0 aliphatic rings. The summed E-state index contributed by atoms with van der Waals surface area (Å²) in [6.45, 7) is 4.92. The second kappa shape index (κ2) is 16.3. The van der Waals surface area contributed by atoms with Crippen LogP contribution in [-0.4, -0.2) is 65.2 Å². The molecule has 0 fully saturated rings. The molecule has 0 saturated carbocycles. The van der Waals surface area contributed by atoms with Gasteiger partial charge in [-0.2, -0.15) is 0 Å². The molecule has 0 aliphatic carbocycles. The lowest BCUT2D eigenvalue weighted by molar-refractivity contribution is 0.306. The van der Waals surface area contributed by atoms with Crippen molar-refractivity contribution in [2.75, 3.05) is 41.3 Å². The average Bonchev–Trinajstić information content (AvgIpc) is 3.71. The van der Waals surface area contributed by atoms with Crippen LogP contribution in [0.3, 0.4) is 0 Å². The van der Waals surface area contributed by atoms with Crippen LogP contribution in [0.1, 0.15) is 24.0 Å². The van der Waals surface area contributed by atoms with E-state index in [1.165, 1.54) is 11.0 Å². The second-order valence-corrected chi connectivity index (χ2v) is 14.1. The molecular formula is C45H49N5O2. The van der Waals surface area contributed by atoms with Gasteiger partial charge in [0.05, 0.1) is 11.4 Å². The van der Waals surface area contributed by atoms with E-state index in [1.807, 2.05) is 48.8 Å². The highest BCUT2D eigenvalue weighted by atomic mass is 16.5. The SMILES string of the molecule is CN(C)CCCn1c(-c2cncc(-c3cc4cc(OCc5ccccc5)ccc4n3CCCN(C)C)c2)cc2cc(OCc3ccccc3)ccc21. The summed E-state index contributed by atoms with van der Waals surface area (Å²) < 4.78 is 17.4. The molecule has 7 heteroatoms. The quantitative estimate of drug-likeness (QED) is 0.101. The Bertz CT molecular complexity index is 2070. The average molecular weight is 692 g/mol. The zero-order valence-corrected chi connectivity index (χ0v) is 30.8. The van der Waals surface area contributed by atoms with Gasteiger partial charge >= 0.3 is 0 Å². The van der Waals surface area contributed by atoms with E-state index < -0.39 is 0 Å². The third-order valence-electron chi connectivity index (χ3n) is 9.55. The predicted octanol–water partition coefficient (Wildman–Crippen LogP) is 9.39. The molecule has 4 aromatic carbocycles. The molecule has 0 bridgehead atoms. The molecule has 7 nitrogen and oxygen atoms in total. The molecule has 0 unspecified atom stereocenters. The van der Waals surface area contributed by atoms with Crippen LogP contribution in [0.15, 0.2) is 128 Å². The van der Waals surface area contributed by atoms with Crippen molar-refractivity contribution in [3.63, 3.8) is 0 Å². The van der Waals surface area contributed by atoms with Crippen molar-refractivity contribution >= 4 is 21.8 Å². The largest absolute Gasteiger partial charge is 0.489 e. The van der Waals surface area contributed by atoms with Gasteiger partial charge in [0.1, 0.15) is 24.7 Å². The van der Waals surface area contributed by atoms with Gasteiger partial charge in [-0.05, 0) is 120 Å². The summed E-state index contributed by atoms with van der Waals surface area (Å²) >= 11 is 0. The van der Waals surface area contributed by atoms with Crippen molar-refractivity contribution in [1.82, 2.24) is 23.9 Å². The maximum Gasteiger partial charge on any atom is 0.120 e. The van der Waals surface area contributed by atoms with E-state index in [-0.39, 0.29) is 0 Å². The van der Waals surface area contributed by atoms with E-state index in [9.17, 15) is 0 Å². The molecule has 266 valence electrons. The molecule has 52 heavy (non-hydrogen) atoms. The lowest BCUT2D eigenvalue weighted by Crippen LogP contribution is -2.15. The number of ether oxygens (including phenoxy) is 2. The lowest BCUT2D eigenvalue weighted by Gasteiger charge is -2.16. The van der Waals surface area contributed by atoms with Crippen LogP contribution in [-0.2, 0) is 26.3 Å². The predicted molar refractivity (Wildman–Crippen MR) is 214 cm³/mol. The van der Waals surface area contributed by atoms with E-state index >= 15 is 0 Å². The summed E-state index contributed by atoms with van der Waals surface area (Å²) in [5.41, 5.74) is 9.24. The van der Waals surface area contributed by atoms with Crippen LogP contribution in [0.4, 0.5) is 0 Å². The topological polar surface area (TPSA) is 47.7 Å². The summed E-state index contributed by atoms with van der Waals surface area (Å²) in [5, 5.41) is 2.33. The van der Waals surface area contributed by atoms with E-state index in [1.54, 1.807) is 0 Å². The first kappa shape index (κ1) is 35.1. The minimum atomic E-state index is 0.540. The molecule has 0 radical (unpaired) electrons. The van der Waals surface area contributed by atoms with Crippen molar-refractivity contribution in [2.24, 2.45) is 0 Å². The van der Waals surface area contributed by atoms with Crippen LogP contribution in [0.25, 0.3) is 44.3 Å². The number of hydrogen-bond donors (Lipinski definition) is 0. The molecule has 0 aliphatic heterocycles.